The number of piperidine rings is 1. The van der Waals surface area contributed by atoms with Crippen LogP contribution in [0.15, 0.2) is 23.3 Å². The number of nitro benzene ring substituents is 1. The highest BCUT2D eigenvalue weighted by atomic mass is 16.6. The number of ether oxygens (including phenoxy) is 1. The van der Waals surface area contributed by atoms with Gasteiger partial charge in [0.1, 0.15) is 17.1 Å². The summed E-state index contributed by atoms with van der Waals surface area (Å²) < 4.78 is 4.94. The molecule has 0 bridgehead atoms. The standard InChI is InChI=1S/C12H14N4O4/c1-20-8-4-5-9(11(7-8)16(18)19)14-15-10-3-2-6-13-12(10)17/h4-5,7,14H,2-3,6H2,1H3,(H,13,17)/b15-10-. The van der Waals surface area contributed by atoms with E-state index in [0.29, 0.717) is 24.4 Å². The largest absolute Gasteiger partial charge is 0.496 e. The van der Waals surface area contributed by atoms with Crippen LogP contribution in [0.5, 0.6) is 5.75 Å². The maximum Gasteiger partial charge on any atom is 0.297 e. The number of amides is 1. The van der Waals surface area contributed by atoms with Gasteiger partial charge in [-0.25, -0.2) is 0 Å². The maximum atomic E-state index is 11.5. The molecule has 8 heteroatoms. The second kappa shape index (κ2) is 6.00. The molecule has 0 unspecified atom stereocenters. The number of nitrogens with one attached hydrogen (secondary N) is 2. The molecule has 1 aromatic carbocycles. The van der Waals surface area contributed by atoms with Gasteiger partial charge in [-0.1, -0.05) is 0 Å². The summed E-state index contributed by atoms with van der Waals surface area (Å²) in [6.45, 7) is 0.626. The first-order valence-corrected chi connectivity index (χ1v) is 6.05. The molecular formula is C12H14N4O4. The van der Waals surface area contributed by atoms with Crippen LogP contribution >= 0.6 is 0 Å². The number of hydrogen-bond donors (Lipinski definition) is 2. The zero-order valence-corrected chi connectivity index (χ0v) is 10.9. The summed E-state index contributed by atoms with van der Waals surface area (Å²) in [6, 6.07) is 4.36. The van der Waals surface area contributed by atoms with Gasteiger partial charge in [-0.2, -0.15) is 5.10 Å². The number of anilines is 1. The van der Waals surface area contributed by atoms with E-state index in [4.69, 9.17) is 4.74 Å². The number of benzene rings is 1. The topological polar surface area (TPSA) is 106 Å². The first-order chi connectivity index (χ1) is 9.61. The van der Waals surface area contributed by atoms with Crippen LogP contribution < -0.4 is 15.5 Å². The number of rotatable bonds is 4. The molecule has 106 valence electrons. The lowest BCUT2D eigenvalue weighted by Gasteiger charge is -2.13. The first-order valence-electron chi connectivity index (χ1n) is 6.05. The van der Waals surface area contributed by atoms with Crippen LogP contribution in [0, 0.1) is 10.1 Å². The van der Waals surface area contributed by atoms with Crippen LogP contribution in [-0.2, 0) is 4.79 Å². The van der Waals surface area contributed by atoms with Crippen LogP contribution in [-0.4, -0.2) is 30.2 Å². The van der Waals surface area contributed by atoms with E-state index in [1.54, 1.807) is 6.07 Å². The molecule has 0 spiro atoms. The second-order valence-corrected chi connectivity index (χ2v) is 4.17. The Morgan fingerprint density at radius 2 is 2.30 bits per heavy atom. The summed E-state index contributed by atoms with van der Waals surface area (Å²) in [6.07, 6.45) is 1.35. The van der Waals surface area contributed by atoms with Crippen LogP contribution in [0.4, 0.5) is 11.4 Å². The molecule has 2 rings (SSSR count). The van der Waals surface area contributed by atoms with Gasteiger partial charge < -0.3 is 10.1 Å². The molecule has 1 fully saturated rings. The average Bonchev–Trinajstić information content (AvgIpc) is 2.46. The minimum Gasteiger partial charge on any atom is -0.496 e. The highest BCUT2D eigenvalue weighted by Gasteiger charge is 2.18. The average molecular weight is 278 g/mol. The fourth-order valence-corrected chi connectivity index (χ4v) is 1.79. The van der Waals surface area contributed by atoms with E-state index >= 15 is 0 Å². The smallest absolute Gasteiger partial charge is 0.297 e. The van der Waals surface area contributed by atoms with Crippen LogP contribution in [0.1, 0.15) is 12.8 Å². The fourth-order valence-electron chi connectivity index (χ4n) is 1.79. The molecule has 0 aliphatic carbocycles. The highest BCUT2D eigenvalue weighted by Crippen LogP contribution is 2.28. The van der Waals surface area contributed by atoms with E-state index in [9.17, 15) is 14.9 Å². The Morgan fingerprint density at radius 3 is 2.95 bits per heavy atom. The summed E-state index contributed by atoms with van der Waals surface area (Å²) in [7, 11) is 1.43. The third-order valence-corrected chi connectivity index (χ3v) is 2.85. The van der Waals surface area contributed by atoms with Gasteiger partial charge in [0.2, 0.25) is 0 Å². The zero-order chi connectivity index (χ0) is 14.5. The Morgan fingerprint density at radius 1 is 1.50 bits per heavy atom. The van der Waals surface area contributed by atoms with E-state index in [1.165, 1.54) is 19.2 Å². The van der Waals surface area contributed by atoms with E-state index < -0.39 is 4.92 Å². The molecule has 1 amide bonds. The molecule has 2 N–H and O–H groups in total. The third-order valence-electron chi connectivity index (χ3n) is 2.85. The molecule has 0 radical (unpaired) electrons. The van der Waals surface area contributed by atoms with Crippen molar-refractivity contribution in [3.8, 4) is 5.75 Å². The summed E-state index contributed by atoms with van der Waals surface area (Å²) in [5.74, 6) is 0.130. The predicted molar refractivity (Wildman–Crippen MR) is 72.9 cm³/mol. The normalized spacial score (nSPS) is 16.6. The number of hydrazone groups is 1. The van der Waals surface area contributed by atoms with E-state index in [-0.39, 0.29) is 17.3 Å². The number of methoxy groups -OCH3 is 1. The van der Waals surface area contributed by atoms with Crippen molar-refractivity contribution in [1.82, 2.24) is 5.32 Å². The summed E-state index contributed by atoms with van der Waals surface area (Å²) in [5, 5.41) is 17.6. The maximum absolute atomic E-state index is 11.5. The molecule has 0 atom stereocenters. The monoisotopic (exact) mass is 278 g/mol. The van der Waals surface area contributed by atoms with Crippen molar-refractivity contribution in [1.29, 1.82) is 0 Å². The Labute approximate surface area is 115 Å². The van der Waals surface area contributed by atoms with Crippen molar-refractivity contribution in [3.63, 3.8) is 0 Å². The third kappa shape index (κ3) is 3.02. The molecule has 0 saturated carbocycles. The quantitative estimate of drug-likeness (QED) is 0.637. The summed E-state index contributed by atoms with van der Waals surface area (Å²) in [4.78, 5) is 22.0. The predicted octanol–water partition coefficient (Wildman–Crippen LogP) is 1.28. The Bertz CT molecular complexity index is 571. The van der Waals surface area contributed by atoms with Gasteiger partial charge in [-0.3, -0.25) is 20.3 Å². The Balaban J connectivity index is 2.22. The van der Waals surface area contributed by atoms with Gasteiger partial charge in [0.15, 0.2) is 0 Å². The molecule has 20 heavy (non-hydrogen) atoms. The molecule has 1 saturated heterocycles. The van der Waals surface area contributed by atoms with Crippen molar-refractivity contribution in [3.05, 3.63) is 28.3 Å². The number of nitro groups is 1. The number of carbonyl (C=O) groups excluding carboxylic acids is 1. The van der Waals surface area contributed by atoms with Gasteiger partial charge in [0.05, 0.1) is 18.1 Å². The lowest BCUT2D eigenvalue weighted by Crippen LogP contribution is -2.37. The highest BCUT2D eigenvalue weighted by molar-refractivity contribution is 6.39. The Hall–Kier alpha value is -2.64. The first kappa shape index (κ1) is 13.8. The van der Waals surface area contributed by atoms with Gasteiger partial charge in [0, 0.05) is 6.54 Å². The molecular weight excluding hydrogens is 264 g/mol. The van der Waals surface area contributed by atoms with Crippen LogP contribution in [0.2, 0.25) is 0 Å². The number of nitrogens with zero attached hydrogens (tertiary/aromatic N) is 2. The van der Waals surface area contributed by atoms with Crippen molar-refractivity contribution in [2.45, 2.75) is 12.8 Å². The van der Waals surface area contributed by atoms with Crippen molar-refractivity contribution >= 4 is 23.0 Å². The molecule has 1 aromatic rings. The second-order valence-electron chi connectivity index (χ2n) is 4.17. The van der Waals surface area contributed by atoms with Crippen molar-refractivity contribution in [2.75, 3.05) is 19.1 Å². The van der Waals surface area contributed by atoms with Gasteiger partial charge in [-0.05, 0) is 25.0 Å². The lowest BCUT2D eigenvalue weighted by atomic mass is 10.1. The minimum absolute atomic E-state index is 0.162. The molecule has 1 aliphatic heterocycles. The van der Waals surface area contributed by atoms with E-state index in [2.05, 4.69) is 15.8 Å². The van der Waals surface area contributed by atoms with Crippen LogP contribution in [0.25, 0.3) is 0 Å². The van der Waals surface area contributed by atoms with Crippen molar-refractivity contribution < 1.29 is 14.5 Å². The van der Waals surface area contributed by atoms with E-state index in [1.807, 2.05) is 0 Å². The van der Waals surface area contributed by atoms with E-state index in [0.717, 1.165) is 6.42 Å². The zero-order valence-electron chi connectivity index (χ0n) is 10.9. The SMILES string of the molecule is COc1ccc(N/N=C2/CCCNC2=O)c([N+](=O)[O-])c1. The molecule has 0 aromatic heterocycles. The fraction of sp³-hybridized carbons (Fsp3) is 0.333. The molecule has 1 heterocycles. The minimum atomic E-state index is -0.536. The number of hydrogen-bond acceptors (Lipinski definition) is 6. The molecule has 8 nitrogen and oxygen atoms in total. The van der Waals surface area contributed by atoms with Gasteiger partial charge in [0.25, 0.3) is 11.6 Å². The Kier molecular flexibility index (Phi) is 4.14. The van der Waals surface area contributed by atoms with Crippen molar-refractivity contribution in [2.24, 2.45) is 5.10 Å². The van der Waals surface area contributed by atoms with Crippen LogP contribution in [0.3, 0.4) is 0 Å². The lowest BCUT2D eigenvalue weighted by molar-refractivity contribution is -0.384. The summed E-state index contributed by atoms with van der Waals surface area (Å²) in [5.41, 5.74) is 2.96. The van der Waals surface area contributed by atoms with Gasteiger partial charge >= 0.3 is 0 Å². The summed E-state index contributed by atoms with van der Waals surface area (Å²) >= 11 is 0. The number of carbonyl (C=O) groups is 1. The van der Waals surface area contributed by atoms with Gasteiger partial charge in [-0.15, -0.1) is 0 Å². The molecule has 1 aliphatic rings.